The molecule has 2 aromatic carbocycles. The van der Waals surface area contributed by atoms with Gasteiger partial charge in [-0.1, -0.05) is 18.2 Å². The SMILES string of the molecule is O=C(Cc1cc(-c2cccnc2)cc(C(F)(F)F)c1)Cc1ccc(Oc2ccnc(NC(=O)C3CC3)c2)c(F)c1. The maximum Gasteiger partial charge on any atom is 0.416 e. The number of nitrogens with one attached hydrogen (secondary N) is 1. The molecule has 0 radical (unpaired) electrons. The Morgan fingerprint density at radius 1 is 0.925 bits per heavy atom. The van der Waals surface area contributed by atoms with Crippen molar-refractivity contribution in [3.8, 4) is 22.6 Å². The van der Waals surface area contributed by atoms with E-state index in [9.17, 15) is 27.2 Å². The first kappa shape index (κ1) is 27.0. The fourth-order valence-electron chi connectivity index (χ4n) is 4.16. The number of rotatable bonds is 9. The Kier molecular flexibility index (Phi) is 7.59. The summed E-state index contributed by atoms with van der Waals surface area (Å²) in [5.41, 5.74) is 0.467. The number of hydrogen-bond acceptors (Lipinski definition) is 5. The lowest BCUT2D eigenvalue weighted by Crippen LogP contribution is -2.14. The van der Waals surface area contributed by atoms with Crippen molar-refractivity contribution < 1.29 is 31.9 Å². The number of benzene rings is 2. The molecule has 1 aliphatic rings. The molecule has 6 nitrogen and oxygen atoms in total. The number of aromatic nitrogens is 2. The van der Waals surface area contributed by atoms with Gasteiger partial charge in [0.25, 0.3) is 0 Å². The second kappa shape index (κ2) is 11.3. The Bertz CT molecular complexity index is 1550. The van der Waals surface area contributed by atoms with Gasteiger partial charge in [-0.05, 0) is 65.9 Å². The number of nitrogens with zero attached hydrogens (tertiary/aromatic N) is 2. The molecule has 2 aromatic heterocycles. The molecule has 4 aromatic rings. The molecule has 0 unspecified atom stereocenters. The number of alkyl halides is 3. The summed E-state index contributed by atoms with van der Waals surface area (Å²) in [6.45, 7) is 0. The molecule has 0 bridgehead atoms. The van der Waals surface area contributed by atoms with Crippen molar-refractivity contribution in [2.45, 2.75) is 31.9 Å². The minimum atomic E-state index is -4.59. The van der Waals surface area contributed by atoms with E-state index in [2.05, 4.69) is 15.3 Å². The van der Waals surface area contributed by atoms with E-state index >= 15 is 0 Å². The largest absolute Gasteiger partial charge is 0.454 e. The minimum Gasteiger partial charge on any atom is -0.454 e. The number of hydrogen-bond donors (Lipinski definition) is 1. The molecular formula is C30H23F4N3O3. The highest BCUT2D eigenvalue weighted by atomic mass is 19.4. The van der Waals surface area contributed by atoms with Gasteiger partial charge in [0.2, 0.25) is 5.91 Å². The summed E-state index contributed by atoms with van der Waals surface area (Å²) in [6.07, 6.45) is 1.05. The molecule has 0 saturated heterocycles. The van der Waals surface area contributed by atoms with Crippen LogP contribution in [0.3, 0.4) is 0 Å². The monoisotopic (exact) mass is 549 g/mol. The van der Waals surface area contributed by atoms with Gasteiger partial charge in [0.15, 0.2) is 11.6 Å². The molecular weight excluding hydrogens is 526 g/mol. The van der Waals surface area contributed by atoms with Crippen molar-refractivity contribution in [2.24, 2.45) is 5.92 Å². The zero-order valence-electron chi connectivity index (χ0n) is 21.0. The van der Waals surface area contributed by atoms with Gasteiger partial charge < -0.3 is 10.1 Å². The summed E-state index contributed by atoms with van der Waals surface area (Å²) in [5, 5.41) is 2.69. The molecule has 0 aliphatic heterocycles. The lowest BCUT2D eigenvalue weighted by Gasteiger charge is -2.13. The van der Waals surface area contributed by atoms with Gasteiger partial charge in [-0.25, -0.2) is 9.37 Å². The zero-order chi connectivity index (χ0) is 28.3. The summed E-state index contributed by atoms with van der Waals surface area (Å²) in [6, 6.07) is 13.8. The number of pyridine rings is 2. The molecule has 1 amide bonds. The molecule has 5 rings (SSSR count). The van der Waals surface area contributed by atoms with E-state index in [1.807, 2.05) is 0 Å². The first-order valence-corrected chi connectivity index (χ1v) is 12.5. The van der Waals surface area contributed by atoms with Gasteiger partial charge >= 0.3 is 6.18 Å². The maximum absolute atomic E-state index is 14.8. The minimum absolute atomic E-state index is 0.00383. The molecule has 1 N–H and O–H groups in total. The Morgan fingerprint density at radius 3 is 2.42 bits per heavy atom. The van der Waals surface area contributed by atoms with E-state index in [1.165, 1.54) is 48.9 Å². The van der Waals surface area contributed by atoms with Crippen molar-refractivity contribution in [2.75, 3.05) is 5.32 Å². The van der Waals surface area contributed by atoms with E-state index in [0.29, 0.717) is 22.5 Å². The Morgan fingerprint density at radius 2 is 1.73 bits per heavy atom. The van der Waals surface area contributed by atoms with Gasteiger partial charge in [-0.2, -0.15) is 13.2 Å². The number of carbonyl (C=O) groups is 2. The van der Waals surface area contributed by atoms with Crippen LogP contribution in [0.25, 0.3) is 11.1 Å². The topological polar surface area (TPSA) is 81.2 Å². The van der Waals surface area contributed by atoms with Gasteiger partial charge in [-0.3, -0.25) is 14.6 Å². The molecule has 204 valence electrons. The van der Waals surface area contributed by atoms with E-state index < -0.39 is 17.6 Å². The van der Waals surface area contributed by atoms with Gasteiger partial charge in [0, 0.05) is 49.0 Å². The average Bonchev–Trinajstić information content (AvgIpc) is 3.76. The Balaban J connectivity index is 1.26. The first-order chi connectivity index (χ1) is 19.1. The van der Waals surface area contributed by atoms with Crippen LogP contribution in [0.5, 0.6) is 11.5 Å². The highest BCUT2D eigenvalue weighted by Crippen LogP contribution is 2.34. The zero-order valence-corrected chi connectivity index (χ0v) is 21.0. The molecule has 10 heteroatoms. The number of amides is 1. The van der Waals surface area contributed by atoms with Crippen LogP contribution in [0.2, 0.25) is 0 Å². The van der Waals surface area contributed by atoms with Crippen LogP contribution in [0.1, 0.15) is 29.5 Å². The average molecular weight is 550 g/mol. The molecule has 1 saturated carbocycles. The molecule has 1 fully saturated rings. The predicted molar refractivity (Wildman–Crippen MR) is 139 cm³/mol. The third kappa shape index (κ3) is 6.88. The summed E-state index contributed by atoms with van der Waals surface area (Å²) in [5.74, 6) is -0.769. The number of halogens is 4. The number of anilines is 1. The number of Topliss-reactive ketones (excluding diaryl/α,β-unsaturated/α-hetero) is 1. The summed E-state index contributed by atoms with van der Waals surface area (Å²) < 4.78 is 61.0. The quantitative estimate of drug-likeness (QED) is 0.232. The van der Waals surface area contributed by atoms with Crippen molar-refractivity contribution in [1.82, 2.24) is 9.97 Å². The maximum atomic E-state index is 14.8. The lowest BCUT2D eigenvalue weighted by molar-refractivity contribution is -0.137. The van der Waals surface area contributed by atoms with Crippen molar-refractivity contribution in [3.63, 3.8) is 0 Å². The van der Waals surface area contributed by atoms with E-state index in [1.54, 1.807) is 12.1 Å². The fourth-order valence-corrected chi connectivity index (χ4v) is 4.16. The molecule has 40 heavy (non-hydrogen) atoms. The smallest absolute Gasteiger partial charge is 0.416 e. The molecule has 2 heterocycles. The van der Waals surface area contributed by atoms with E-state index in [-0.39, 0.29) is 47.5 Å². The van der Waals surface area contributed by atoms with Crippen molar-refractivity contribution in [3.05, 3.63) is 102 Å². The van der Waals surface area contributed by atoms with Crippen LogP contribution < -0.4 is 10.1 Å². The predicted octanol–water partition coefficient (Wildman–Crippen LogP) is 6.80. The van der Waals surface area contributed by atoms with Gasteiger partial charge in [0.05, 0.1) is 5.56 Å². The second-order valence-corrected chi connectivity index (χ2v) is 9.56. The first-order valence-electron chi connectivity index (χ1n) is 12.5. The summed E-state index contributed by atoms with van der Waals surface area (Å²) >= 11 is 0. The third-order valence-electron chi connectivity index (χ3n) is 6.27. The van der Waals surface area contributed by atoms with E-state index in [0.717, 1.165) is 31.0 Å². The Hall–Kier alpha value is -4.60. The number of ketones is 1. The number of carbonyl (C=O) groups excluding carboxylic acids is 2. The molecule has 1 aliphatic carbocycles. The lowest BCUT2D eigenvalue weighted by atomic mass is 9.96. The van der Waals surface area contributed by atoms with Crippen LogP contribution in [-0.2, 0) is 28.6 Å². The highest BCUT2D eigenvalue weighted by Gasteiger charge is 2.32. The second-order valence-electron chi connectivity index (χ2n) is 9.56. The van der Waals surface area contributed by atoms with E-state index in [4.69, 9.17) is 4.74 Å². The van der Waals surface area contributed by atoms with Crippen LogP contribution >= 0.6 is 0 Å². The fraction of sp³-hybridized carbons (Fsp3) is 0.200. The number of ether oxygens (including phenoxy) is 1. The van der Waals surface area contributed by atoms with Crippen LogP contribution in [0.15, 0.2) is 79.3 Å². The molecule has 0 atom stereocenters. The van der Waals surface area contributed by atoms with Crippen LogP contribution in [0.4, 0.5) is 23.4 Å². The van der Waals surface area contributed by atoms with Crippen molar-refractivity contribution in [1.29, 1.82) is 0 Å². The van der Waals surface area contributed by atoms with Crippen LogP contribution in [0, 0.1) is 11.7 Å². The van der Waals surface area contributed by atoms with Crippen LogP contribution in [-0.4, -0.2) is 21.7 Å². The summed E-state index contributed by atoms with van der Waals surface area (Å²) in [4.78, 5) is 32.7. The van der Waals surface area contributed by atoms with Gasteiger partial charge in [-0.15, -0.1) is 0 Å². The summed E-state index contributed by atoms with van der Waals surface area (Å²) in [7, 11) is 0. The molecule has 0 spiro atoms. The Labute approximate surface area is 227 Å². The third-order valence-corrected chi connectivity index (χ3v) is 6.27. The highest BCUT2D eigenvalue weighted by molar-refractivity contribution is 5.93. The standard InChI is InChI=1S/C30H23F4N3O3/c31-26-14-18(3-6-27(26)40-25-7-9-36-28(16-25)37-29(39)20-4-5-20)12-24(38)13-19-10-22(21-2-1-8-35-17-21)15-23(11-19)30(32,33)34/h1-3,6-11,14-17,20H,4-5,12-13H2,(H,36,37,39). The van der Waals surface area contributed by atoms with Gasteiger partial charge in [0.1, 0.15) is 17.4 Å². The normalized spacial score (nSPS) is 13.1. The van der Waals surface area contributed by atoms with Crippen molar-refractivity contribution >= 4 is 17.5 Å².